The number of rotatable bonds is 4. The van der Waals surface area contributed by atoms with Gasteiger partial charge in [-0.05, 0) is 42.8 Å². The number of hydrogen-bond acceptors (Lipinski definition) is 2. The Morgan fingerprint density at radius 3 is 2.76 bits per heavy atom. The zero-order valence-corrected chi connectivity index (χ0v) is 12.6. The zero-order valence-electron chi connectivity index (χ0n) is 11.8. The Hall–Kier alpha value is -1.39. The molecule has 0 radical (unpaired) electrons. The third-order valence-corrected chi connectivity index (χ3v) is 5.24. The van der Waals surface area contributed by atoms with Gasteiger partial charge in [-0.15, -0.1) is 11.8 Å². The van der Waals surface area contributed by atoms with Crippen LogP contribution in [0.1, 0.15) is 17.0 Å². The van der Waals surface area contributed by atoms with Gasteiger partial charge in [-0.3, -0.25) is 0 Å². The highest BCUT2D eigenvalue weighted by molar-refractivity contribution is 7.99. The summed E-state index contributed by atoms with van der Waals surface area (Å²) in [6.07, 6.45) is 0.688. The Morgan fingerprint density at radius 2 is 2.00 bits per heavy atom. The fourth-order valence-corrected chi connectivity index (χ4v) is 4.22. The predicted octanol–water partition coefficient (Wildman–Crippen LogP) is 3.98. The van der Waals surface area contributed by atoms with Crippen molar-refractivity contribution >= 4 is 11.8 Å². The molecule has 4 heteroatoms. The summed E-state index contributed by atoms with van der Waals surface area (Å²) >= 11 is 1.86. The van der Waals surface area contributed by atoms with Crippen molar-refractivity contribution in [3.63, 3.8) is 0 Å². The highest BCUT2D eigenvalue weighted by Crippen LogP contribution is 2.41. The van der Waals surface area contributed by atoms with Crippen LogP contribution in [0.3, 0.4) is 0 Å². The SMILES string of the molecule is CNC(Cc1ccc(F)c(F)c1)C1CSc2ccccc21. The Kier molecular flexibility index (Phi) is 4.27. The molecule has 110 valence electrons. The first kappa shape index (κ1) is 14.5. The molecular weight excluding hydrogens is 288 g/mol. The van der Waals surface area contributed by atoms with Crippen molar-refractivity contribution in [2.75, 3.05) is 12.8 Å². The summed E-state index contributed by atoms with van der Waals surface area (Å²) in [7, 11) is 1.93. The van der Waals surface area contributed by atoms with Crippen LogP contribution in [0.2, 0.25) is 0 Å². The van der Waals surface area contributed by atoms with Crippen LogP contribution >= 0.6 is 11.8 Å². The van der Waals surface area contributed by atoms with E-state index in [0.29, 0.717) is 12.3 Å². The number of benzene rings is 2. The van der Waals surface area contributed by atoms with Crippen LogP contribution in [0.5, 0.6) is 0 Å². The summed E-state index contributed by atoms with van der Waals surface area (Å²) in [5.41, 5.74) is 2.17. The number of fused-ring (bicyclic) bond motifs is 1. The summed E-state index contributed by atoms with van der Waals surface area (Å²) < 4.78 is 26.4. The lowest BCUT2D eigenvalue weighted by molar-refractivity contribution is 0.481. The third-order valence-electron chi connectivity index (χ3n) is 4.03. The molecule has 1 heterocycles. The Labute approximate surface area is 127 Å². The molecule has 1 nitrogen and oxygen atoms in total. The first-order chi connectivity index (χ1) is 10.2. The van der Waals surface area contributed by atoms with Crippen LogP contribution in [-0.2, 0) is 6.42 Å². The Morgan fingerprint density at radius 1 is 1.19 bits per heavy atom. The minimum absolute atomic E-state index is 0.214. The van der Waals surface area contributed by atoms with Crippen molar-refractivity contribution in [2.45, 2.75) is 23.3 Å². The number of halogens is 2. The average Bonchev–Trinajstić information content (AvgIpc) is 2.92. The number of likely N-dealkylation sites (N-methyl/N-ethyl adjacent to an activating group) is 1. The van der Waals surface area contributed by atoms with E-state index in [1.807, 2.05) is 18.8 Å². The van der Waals surface area contributed by atoms with E-state index in [2.05, 4.69) is 29.6 Å². The van der Waals surface area contributed by atoms with Crippen LogP contribution < -0.4 is 5.32 Å². The van der Waals surface area contributed by atoms with Crippen molar-refractivity contribution in [3.8, 4) is 0 Å². The monoisotopic (exact) mass is 305 g/mol. The first-order valence-corrected chi connectivity index (χ1v) is 8.00. The van der Waals surface area contributed by atoms with Crippen LogP contribution in [0.15, 0.2) is 47.4 Å². The van der Waals surface area contributed by atoms with E-state index < -0.39 is 11.6 Å². The lowest BCUT2D eigenvalue weighted by atomic mass is 9.89. The molecule has 1 aliphatic heterocycles. The highest BCUT2D eigenvalue weighted by atomic mass is 32.2. The largest absolute Gasteiger partial charge is 0.316 e. The standard InChI is InChI=1S/C17H17F2NS/c1-20-16(9-11-6-7-14(18)15(19)8-11)13-10-21-17-5-3-2-4-12(13)17/h2-8,13,16,20H,9-10H2,1H3. The number of nitrogens with one attached hydrogen (secondary N) is 1. The summed E-state index contributed by atoms with van der Waals surface area (Å²) in [5.74, 6) is -0.150. The molecule has 0 amide bonds. The molecule has 3 rings (SSSR count). The quantitative estimate of drug-likeness (QED) is 0.917. The van der Waals surface area contributed by atoms with Gasteiger partial charge in [0.05, 0.1) is 0 Å². The number of thioether (sulfide) groups is 1. The second-order valence-electron chi connectivity index (χ2n) is 5.30. The topological polar surface area (TPSA) is 12.0 Å². The lowest BCUT2D eigenvalue weighted by Crippen LogP contribution is -2.34. The van der Waals surface area contributed by atoms with Crippen LogP contribution in [0, 0.1) is 11.6 Å². The molecule has 21 heavy (non-hydrogen) atoms. The van der Waals surface area contributed by atoms with Crippen molar-refractivity contribution < 1.29 is 8.78 Å². The molecule has 2 unspecified atom stereocenters. The molecule has 2 atom stereocenters. The third kappa shape index (κ3) is 2.97. The molecule has 0 saturated heterocycles. The van der Waals surface area contributed by atoms with Gasteiger partial charge in [0, 0.05) is 22.6 Å². The molecule has 1 N–H and O–H groups in total. The predicted molar refractivity (Wildman–Crippen MR) is 82.8 cm³/mol. The summed E-state index contributed by atoms with van der Waals surface area (Å²) in [5, 5.41) is 3.34. The summed E-state index contributed by atoms with van der Waals surface area (Å²) in [6.45, 7) is 0. The van der Waals surface area contributed by atoms with Crippen LogP contribution in [0.25, 0.3) is 0 Å². The molecule has 2 aromatic carbocycles. The average molecular weight is 305 g/mol. The van der Waals surface area contributed by atoms with Crippen molar-refractivity contribution in [1.29, 1.82) is 0 Å². The molecule has 0 aromatic heterocycles. The van der Waals surface area contributed by atoms with Crippen molar-refractivity contribution in [1.82, 2.24) is 5.32 Å². The molecule has 0 saturated carbocycles. The Bertz CT molecular complexity index is 644. The molecular formula is C17H17F2NS. The van der Waals surface area contributed by atoms with E-state index in [1.165, 1.54) is 22.6 Å². The second-order valence-corrected chi connectivity index (χ2v) is 6.36. The highest BCUT2D eigenvalue weighted by Gasteiger charge is 2.29. The summed E-state index contributed by atoms with van der Waals surface area (Å²) in [4.78, 5) is 1.33. The maximum absolute atomic E-state index is 13.4. The van der Waals surface area contributed by atoms with E-state index in [1.54, 1.807) is 6.07 Å². The van der Waals surface area contributed by atoms with Gasteiger partial charge < -0.3 is 5.32 Å². The molecule has 1 aliphatic rings. The maximum Gasteiger partial charge on any atom is 0.159 e. The first-order valence-electron chi connectivity index (χ1n) is 7.02. The molecule has 0 bridgehead atoms. The fraction of sp³-hybridized carbons (Fsp3) is 0.294. The summed E-state index contributed by atoms with van der Waals surface area (Å²) in [6, 6.07) is 12.8. The van der Waals surface area contributed by atoms with E-state index in [4.69, 9.17) is 0 Å². The van der Waals surface area contributed by atoms with Gasteiger partial charge in [0.2, 0.25) is 0 Å². The van der Waals surface area contributed by atoms with Gasteiger partial charge in [0.25, 0.3) is 0 Å². The van der Waals surface area contributed by atoms with Gasteiger partial charge in [0.1, 0.15) is 0 Å². The minimum Gasteiger partial charge on any atom is -0.316 e. The molecule has 0 fully saturated rings. The van der Waals surface area contributed by atoms with E-state index in [9.17, 15) is 8.78 Å². The van der Waals surface area contributed by atoms with Gasteiger partial charge in [-0.1, -0.05) is 24.3 Å². The molecule has 2 aromatic rings. The Balaban J connectivity index is 1.81. The number of hydrogen-bond donors (Lipinski definition) is 1. The second kappa shape index (κ2) is 6.16. The van der Waals surface area contributed by atoms with E-state index in [0.717, 1.165) is 11.3 Å². The minimum atomic E-state index is -0.790. The lowest BCUT2D eigenvalue weighted by Gasteiger charge is -2.23. The van der Waals surface area contributed by atoms with Crippen LogP contribution in [0.4, 0.5) is 8.78 Å². The smallest absolute Gasteiger partial charge is 0.159 e. The van der Waals surface area contributed by atoms with Gasteiger partial charge in [-0.25, -0.2) is 8.78 Å². The molecule has 0 aliphatic carbocycles. The fourth-order valence-electron chi connectivity index (χ4n) is 2.89. The van der Waals surface area contributed by atoms with Crippen LogP contribution in [-0.4, -0.2) is 18.8 Å². The van der Waals surface area contributed by atoms with E-state index in [-0.39, 0.29) is 6.04 Å². The zero-order chi connectivity index (χ0) is 14.8. The van der Waals surface area contributed by atoms with Crippen molar-refractivity contribution in [2.24, 2.45) is 0 Å². The van der Waals surface area contributed by atoms with Gasteiger partial charge >= 0.3 is 0 Å². The van der Waals surface area contributed by atoms with E-state index >= 15 is 0 Å². The maximum atomic E-state index is 13.4. The van der Waals surface area contributed by atoms with Gasteiger partial charge in [-0.2, -0.15) is 0 Å². The van der Waals surface area contributed by atoms with Crippen molar-refractivity contribution in [3.05, 3.63) is 65.2 Å². The van der Waals surface area contributed by atoms with Gasteiger partial charge in [0.15, 0.2) is 11.6 Å². The molecule has 0 spiro atoms. The normalized spacial score (nSPS) is 18.5.